The van der Waals surface area contributed by atoms with Crippen molar-refractivity contribution in [1.82, 2.24) is 4.31 Å². The number of hydrogen-bond acceptors (Lipinski definition) is 4. The Labute approximate surface area is 172 Å². The minimum absolute atomic E-state index is 0.103. The summed E-state index contributed by atoms with van der Waals surface area (Å²) in [6.45, 7) is 2.30. The topological polar surface area (TPSA) is 69.7 Å². The Morgan fingerprint density at radius 1 is 0.897 bits per heavy atom. The van der Waals surface area contributed by atoms with Gasteiger partial charge in [0.15, 0.2) is 0 Å². The highest BCUT2D eigenvalue weighted by Crippen LogP contribution is 2.26. The van der Waals surface area contributed by atoms with Gasteiger partial charge in [0.05, 0.1) is 11.4 Å². The Morgan fingerprint density at radius 3 is 2.38 bits per heavy atom. The molecule has 0 aromatic heterocycles. The number of amides is 1. The zero-order valence-corrected chi connectivity index (χ0v) is 17.3. The summed E-state index contributed by atoms with van der Waals surface area (Å²) >= 11 is 0. The van der Waals surface area contributed by atoms with Gasteiger partial charge in [0.2, 0.25) is 15.9 Å². The second-order valence-corrected chi connectivity index (χ2v) is 9.63. The fourth-order valence-electron chi connectivity index (χ4n) is 4.11. The Hall–Kier alpha value is -2.38. The summed E-state index contributed by atoms with van der Waals surface area (Å²) in [5.74, 6) is -0.103. The number of nitrogens with one attached hydrogen (secondary N) is 1. The Kier molecular flexibility index (Phi) is 5.87. The van der Waals surface area contributed by atoms with Crippen molar-refractivity contribution >= 4 is 27.3 Å². The molecule has 0 aliphatic carbocycles. The van der Waals surface area contributed by atoms with Crippen LogP contribution in [0.1, 0.15) is 31.2 Å². The van der Waals surface area contributed by atoms with Gasteiger partial charge in [-0.1, -0.05) is 24.6 Å². The molecule has 2 aromatic carbocycles. The van der Waals surface area contributed by atoms with E-state index in [0.717, 1.165) is 44.3 Å². The average Bonchev–Trinajstić information content (AvgIpc) is 2.75. The van der Waals surface area contributed by atoms with E-state index in [1.54, 1.807) is 28.6 Å². The highest BCUT2D eigenvalue weighted by atomic mass is 32.2. The minimum Gasteiger partial charge on any atom is -0.362 e. The van der Waals surface area contributed by atoms with Crippen LogP contribution in [0, 0.1) is 0 Å². The van der Waals surface area contributed by atoms with Crippen molar-refractivity contribution in [3.8, 4) is 0 Å². The highest BCUT2D eigenvalue weighted by molar-refractivity contribution is 7.89. The molecule has 6 nitrogen and oxygen atoms in total. The molecule has 2 aliphatic rings. The zero-order valence-electron chi connectivity index (χ0n) is 16.5. The van der Waals surface area contributed by atoms with Gasteiger partial charge < -0.3 is 10.2 Å². The number of benzene rings is 2. The van der Waals surface area contributed by atoms with Gasteiger partial charge in [0.1, 0.15) is 0 Å². The maximum absolute atomic E-state index is 12.7. The Bertz CT molecular complexity index is 967. The summed E-state index contributed by atoms with van der Waals surface area (Å²) in [7, 11) is -3.45. The molecule has 1 amide bonds. The molecule has 2 aromatic rings. The number of carbonyl (C=O) groups excluding carboxylic acids is 1. The quantitative estimate of drug-likeness (QED) is 0.817. The van der Waals surface area contributed by atoms with Crippen molar-refractivity contribution < 1.29 is 13.2 Å². The Balaban J connectivity index is 1.40. The van der Waals surface area contributed by atoms with E-state index >= 15 is 0 Å². The van der Waals surface area contributed by atoms with Crippen molar-refractivity contribution in [1.29, 1.82) is 0 Å². The van der Waals surface area contributed by atoms with E-state index in [1.165, 1.54) is 5.56 Å². The van der Waals surface area contributed by atoms with Crippen molar-refractivity contribution in [3.05, 3.63) is 54.1 Å². The average molecular weight is 414 g/mol. The van der Waals surface area contributed by atoms with Gasteiger partial charge in [0, 0.05) is 31.0 Å². The number of para-hydroxylation sites is 1. The largest absolute Gasteiger partial charge is 0.362 e. The van der Waals surface area contributed by atoms with Gasteiger partial charge >= 0.3 is 0 Å². The standard InChI is InChI=1S/C22H27N3O3S/c26-22(17-24-14-6-8-18-7-2-3-9-21(18)24)23-19-10-12-20(13-11-19)29(27,28)25-15-4-1-5-16-25/h2-3,7,9-13H,1,4-6,8,14-17H2,(H,23,26). The zero-order chi connectivity index (χ0) is 20.3. The third-order valence-electron chi connectivity index (χ3n) is 5.63. The molecule has 4 rings (SSSR count). The summed E-state index contributed by atoms with van der Waals surface area (Å²) < 4.78 is 27.0. The molecule has 0 unspecified atom stereocenters. The lowest BCUT2D eigenvalue weighted by molar-refractivity contribution is -0.115. The third kappa shape index (κ3) is 4.46. The molecule has 1 N–H and O–H groups in total. The number of piperidine rings is 1. The molecule has 154 valence electrons. The van der Waals surface area contributed by atoms with Crippen LogP contribution < -0.4 is 10.2 Å². The number of aryl methyl sites for hydroxylation is 1. The number of rotatable bonds is 5. The van der Waals surface area contributed by atoms with Crippen LogP contribution in [0.25, 0.3) is 0 Å². The molecule has 29 heavy (non-hydrogen) atoms. The molecule has 0 atom stereocenters. The molecular formula is C22H27N3O3S. The summed E-state index contributed by atoms with van der Waals surface area (Å²) in [6, 6.07) is 14.7. The van der Waals surface area contributed by atoms with Crippen molar-refractivity contribution in [2.75, 3.05) is 36.4 Å². The van der Waals surface area contributed by atoms with E-state index in [0.29, 0.717) is 18.8 Å². The summed E-state index contributed by atoms with van der Waals surface area (Å²) in [6.07, 6.45) is 4.98. The van der Waals surface area contributed by atoms with E-state index < -0.39 is 10.0 Å². The molecule has 1 fully saturated rings. The van der Waals surface area contributed by atoms with E-state index in [9.17, 15) is 13.2 Å². The molecule has 0 radical (unpaired) electrons. The maximum Gasteiger partial charge on any atom is 0.243 e. The van der Waals surface area contributed by atoms with Crippen LogP contribution in [0.4, 0.5) is 11.4 Å². The normalized spacial score (nSPS) is 17.6. The summed E-state index contributed by atoms with van der Waals surface area (Å²) in [5, 5.41) is 2.89. The minimum atomic E-state index is -3.45. The first-order valence-electron chi connectivity index (χ1n) is 10.3. The Morgan fingerprint density at radius 2 is 1.62 bits per heavy atom. The molecule has 2 aliphatic heterocycles. The monoisotopic (exact) mass is 413 g/mol. The predicted octanol–water partition coefficient (Wildman–Crippen LogP) is 3.25. The number of nitrogens with zero attached hydrogens (tertiary/aromatic N) is 2. The van der Waals surface area contributed by atoms with Crippen LogP contribution in [0.2, 0.25) is 0 Å². The molecule has 0 bridgehead atoms. The lowest BCUT2D eigenvalue weighted by Gasteiger charge is -2.30. The lowest BCUT2D eigenvalue weighted by atomic mass is 10.0. The molecule has 1 saturated heterocycles. The van der Waals surface area contributed by atoms with Gasteiger partial charge in [0.25, 0.3) is 0 Å². The van der Waals surface area contributed by atoms with Gasteiger partial charge in [-0.05, 0) is 61.6 Å². The van der Waals surface area contributed by atoms with Crippen LogP contribution in [0.15, 0.2) is 53.4 Å². The number of hydrogen-bond donors (Lipinski definition) is 1. The van der Waals surface area contributed by atoms with Crippen molar-refractivity contribution in [2.45, 2.75) is 37.0 Å². The first-order chi connectivity index (χ1) is 14.0. The first-order valence-corrected chi connectivity index (χ1v) is 11.7. The van der Waals surface area contributed by atoms with E-state index in [1.807, 2.05) is 12.1 Å². The second kappa shape index (κ2) is 8.55. The number of fused-ring (bicyclic) bond motifs is 1. The van der Waals surface area contributed by atoms with Crippen molar-refractivity contribution in [2.24, 2.45) is 0 Å². The van der Waals surface area contributed by atoms with Crippen molar-refractivity contribution in [3.63, 3.8) is 0 Å². The van der Waals surface area contributed by atoms with Crippen LogP contribution in [0.3, 0.4) is 0 Å². The smallest absolute Gasteiger partial charge is 0.243 e. The fourth-order valence-corrected chi connectivity index (χ4v) is 5.63. The molecular weight excluding hydrogens is 386 g/mol. The first kappa shape index (κ1) is 19.9. The highest BCUT2D eigenvalue weighted by Gasteiger charge is 2.26. The number of sulfonamides is 1. The van der Waals surface area contributed by atoms with E-state index in [4.69, 9.17) is 0 Å². The van der Waals surface area contributed by atoms with Gasteiger partial charge in [-0.15, -0.1) is 0 Å². The van der Waals surface area contributed by atoms with E-state index in [2.05, 4.69) is 22.3 Å². The van der Waals surface area contributed by atoms with Crippen LogP contribution in [-0.2, 0) is 21.2 Å². The van der Waals surface area contributed by atoms with E-state index in [-0.39, 0.29) is 17.3 Å². The van der Waals surface area contributed by atoms with Crippen LogP contribution >= 0.6 is 0 Å². The maximum atomic E-state index is 12.7. The van der Waals surface area contributed by atoms with Gasteiger partial charge in [-0.2, -0.15) is 4.31 Å². The van der Waals surface area contributed by atoms with Crippen LogP contribution in [0.5, 0.6) is 0 Å². The van der Waals surface area contributed by atoms with Gasteiger partial charge in [-0.25, -0.2) is 8.42 Å². The third-order valence-corrected chi connectivity index (χ3v) is 7.54. The lowest BCUT2D eigenvalue weighted by Crippen LogP contribution is -2.36. The van der Waals surface area contributed by atoms with Gasteiger partial charge in [-0.3, -0.25) is 4.79 Å². The molecule has 2 heterocycles. The SMILES string of the molecule is O=C(CN1CCCc2ccccc21)Nc1ccc(S(=O)(=O)N2CCCCC2)cc1. The summed E-state index contributed by atoms with van der Waals surface area (Å²) in [5.41, 5.74) is 3.01. The van der Waals surface area contributed by atoms with Crippen LogP contribution in [-0.4, -0.2) is 44.8 Å². The molecule has 0 saturated carbocycles. The fraction of sp³-hybridized carbons (Fsp3) is 0.409. The number of carbonyl (C=O) groups is 1. The second-order valence-electron chi connectivity index (χ2n) is 7.69. The molecule has 0 spiro atoms. The summed E-state index contributed by atoms with van der Waals surface area (Å²) in [4.78, 5) is 14.9. The molecule has 7 heteroatoms. The predicted molar refractivity (Wildman–Crippen MR) is 115 cm³/mol. The number of anilines is 2.